The molecule has 2 heterocycles. The van der Waals surface area contributed by atoms with Crippen molar-refractivity contribution in [1.82, 2.24) is 4.90 Å². The van der Waals surface area contributed by atoms with Gasteiger partial charge in [0.1, 0.15) is 5.75 Å². The van der Waals surface area contributed by atoms with Gasteiger partial charge in [0, 0.05) is 23.2 Å². The summed E-state index contributed by atoms with van der Waals surface area (Å²) in [7, 11) is 1.56. The molecule has 3 rings (SSSR count). The zero-order valence-corrected chi connectivity index (χ0v) is 14.7. The van der Waals surface area contributed by atoms with Gasteiger partial charge in [0.25, 0.3) is 0 Å². The van der Waals surface area contributed by atoms with Crippen molar-refractivity contribution in [1.29, 1.82) is 0 Å². The number of rotatable bonds is 4. The lowest BCUT2D eigenvalue weighted by atomic mass is 9.94. The zero-order chi connectivity index (χ0) is 18.1. The number of carbonyl (C=O) groups is 1. The lowest BCUT2D eigenvalue weighted by Gasteiger charge is -2.37. The van der Waals surface area contributed by atoms with E-state index in [2.05, 4.69) is 20.9 Å². The highest BCUT2D eigenvalue weighted by Crippen LogP contribution is 2.37. The second-order valence-corrected chi connectivity index (χ2v) is 6.46. The Balaban J connectivity index is 2.08. The molecule has 0 saturated carbocycles. The SMILES string of the molecule is COc1ccc(C2CC(C(=O)O)N=C3C([N+](=O)[O-])=CC(Br)=CN32)cc1. The van der Waals surface area contributed by atoms with Crippen molar-refractivity contribution in [3.63, 3.8) is 0 Å². The summed E-state index contributed by atoms with van der Waals surface area (Å²) in [5, 5.41) is 20.8. The Labute approximate surface area is 151 Å². The standard InChI is InChI=1S/C16H14BrN3O5/c1-25-11-4-2-9(3-5-11)13-7-12(16(21)22)18-15-14(20(23)24)6-10(17)8-19(13)15/h2-6,8,12-13H,7H2,1H3,(H,21,22). The molecule has 2 aliphatic heterocycles. The minimum atomic E-state index is -1.11. The molecule has 0 bridgehead atoms. The predicted molar refractivity (Wildman–Crippen MR) is 93.1 cm³/mol. The molecule has 0 spiro atoms. The largest absolute Gasteiger partial charge is 0.497 e. The fourth-order valence-corrected chi connectivity index (χ4v) is 3.31. The van der Waals surface area contributed by atoms with Crippen LogP contribution in [0, 0.1) is 10.1 Å². The normalized spacial score (nSPS) is 22.3. The summed E-state index contributed by atoms with van der Waals surface area (Å²) < 4.78 is 5.66. The van der Waals surface area contributed by atoms with Crippen LogP contribution in [0.15, 0.2) is 51.7 Å². The minimum Gasteiger partial charge on any atom is -0.497 e. The molecule has 1 aromatic rings. The monoisotopic (exact) mass is 407 g/mol. The molecule has 2 atom stereocenters. The zero-order valence-electron chi connectivity index (χ0n) is 13.1. The van der Waals surface area contributed by atoms with Crippen LogP contribution in [0.4, 0.5) is 0 Å². The maximum Gasteiger partial charge on any atom is 0.328 e. The molecule has 9 heteroatoms. The van der Waals surface area contributed by atoms with Gasteiger partial charge in [0.2, 0.25) is 5.84 Å². The maximum absolute atomic E-state index is 11.5. The number of allylic oxidation sites excluding steroid dienone is 2. The van der Waals surface area contributed by atoms with E-state index in [1.54, 1.807) is 30.3 Å². The number of aliphatic carboxylic acids is 1. The topological polar surface area (TPSA) is 105 Å². The van der Waals surface area contributed by atoms with E-state index in [1.165, 1.54) is 6.08 Å². The number of halogens is 1. The number of amidine groups is 1. The number of ether oxygens (including phenoxy) is 1. The average Bonchev–Trinajstić information content (AvgIpc) is 2.60. The first-order chi connectivity index (χ1) is 11.9. The Bertz CT molecular complexity index is 816. The molecule has 0 amide bonds. The summed E-state index contributed by atoms with van der Waals surface area (Å²) >= 11 is 3.27. The number of hydrogen-bond acceptors (Lipinski definition) is 6. The van der Waals surface area contributed by atoms with Crippen LogP contribution >= 0.6 is 15.9 Å². The molecular formula is C16H14BrN3O5. The molecule has 0 saturated heterocycles. The quantitative estimate of drug-likeness (QED) is 0.607. The fraction of sp³-hybridized carbons (Fsp3) is 0.250. The van der Waals surface area contributed by atoms with Gasteiger partial charge in [-0.3, -0.25) is 10.1 Å². The number of benzene rings is 1. The summed E-state index contributed by atoms with van der Waals surface area (Å²) in [4.78, 5) is 28.0. The van der Waals surface area contributed by atoms with E-state index in [1.807, 2.05) is 12.1 Å². The van der Waals surface area contributed by atoms with Gasteiger partial charge in [-0.25, -0.2) is 9.79 Å². The summed E-state index contributed by atoms with van der Waals surface area (Å²) in [6, 6.07) is 5.73. The summed E-state index contributed by atoms with van der Waals surface area (Å²) in [6.07, 6.45) is 3.20. The minimum absolute atomic E-state index is 0.0488. The second-order valence-electron chi connectivity index (χ2n) is 5.54. The van der Waals surface area contributed by atoms with Crippen LogP contribution < -0.4 is 4.74 Å². The van der Waals surface area contributed by atoms with Gasteiger partial charge in [0.05, 0.1) is 18.1 Å². The number of methoxy groups -OCH3 is 1. The highest BCUT2D eigenvalue weighted by Gasteiger charge is 2.40. The van der Waals surface area contributed by atoms with E-state index in [-0.39, 0.29) is 18.0 Å². The van der Waals surface area contributed by atoms with Gasteiger partial charge in [-0.2, -0.15) is 0 Å². The van der Waals surface area contributed by atoms with E-state index in [0.29, 0.717) is 10.2 Å². The van der Waals surface area contributed by atoms with Crippen molar-refractivity contribution < 1.29 is 19.6 Å². The van der Waals surface area contributed by atoms with E-state index in [0.717, 1.165) is 5.56 Å². The lowest BCUT2D eigenvalue weighted by Crippen LogP contribution is -2.43. The molecular weight excluding hydrogens is 394 g/mol. The number of aliphatic imine (C=N–C) groups is 1. The van der Waals surface area contributed by atoms with Gasteiger partial charge in [-0.05, 0) is 33.6 Å². The first-order valence-electron chi connectivity index (χ1n) is 7.37. The molecule has 25 heavy (non-hydrogen) atoms. The van der Waals surface area contributed by atoms with E-state index in [9.17, 15) is 20.0 Å². The molecule has 1 N–H and O–H groups in total. The van der Waals surface area contributed by atoms with Crippen LogP contribution in [0.1, 0.15) is 18.0 Å². The van der Waals surface area contributed by atoms with Gasteiger partial charge in [-0.15, -0.1) is 0 Å². The third-order valence-electron chi connectivity index (χ3n) is 4.05. The van der Waals surface area contributed by atoms with Crippen LogP contribution in [0.3, 0.4) is 0 Å². The number of fused-ring (bicyclic) bond motifs is 1. The Morgan fingerprint density at radius 3 is 2.68 bits per heavy atom. The van der Waals surface area contributed by atoms with Crippen LogP contribution in [0.25, 0.3) is 0 Å². The van der Waals surface area contributed by atoms with Gasteiger partial charge < -0.3 is 14.7 Å². The number of nitrogens with zero attached hydrogens (tertiary/aromatic N) is 3. The third-order valence-corrected chi connectivity index (χ3v) is 4.49. The average molecular weight is 408 g/mol. The van der Waals surface area contributed by atoms with Crippen molar-refractivity contribution in [3.05, 3.63) is 62.4 Å². The van der Waals surface area contributed by atoms with E-state index < -0.39 is 23.0 Å². The number of carboxylic acids is 1. The van der Waals surface area contributed by atoms with Crippen molar-refractivity contribution >= 4 is 27.7 Å². The smallest absolute Gasteiger partial charge is 0.328 e. The van der Waals surface area contributed by atoms with Crippen molar-refractivity contribution in [3.8, 4) is 5.75 Å². The van der Waals surface area contributed by atoms with Crippen LogP contribution in [-0.2, 0) is 4.79 Å². The Hall–Kier alpha value is -2.68. The lowest BCUT2D eigenvalue weighted by molar-refractivity contribution is -0.416. The fourth-order valence-electron chi connectivity index (χ4n) is 2.87. The molecule has 130 valence electrons. The molecule has 0 aliphatic carbocycles. The first-order valence-corrected chi connectivity index (χ1v) is 8.16. The summed E-state index contributed by atoms with van der Waals surface area (Å²) in [5.74, 6) is -0.390. The van der Waals surface area contributed by atoms with E-state index in [4.69, 9.17) is 4.74 Å². The van der Waals surface area contributed by atoms with Crippen molar-refractivity contribution in [2.75, 3.05) is 7.11 Å². The highest BCUT2D eigenvalue weighted by atomic mass is 79.9. The molecule has 1 aromatic carbocycles. The maximum atomic E-state index is 11.5. The van der Waals surface area contributed by atoms with Crippen LogP contribution in [0.2, 0.25) is 0 Å². The highest BCUT2D eigenvalue weighted by molar-refractivity contribution is 9.11. The Kier molecular flexibility index (Phi) is 4.58. The number of hydrogen-bond donors (Lipinski definition) is 1. The molecule has 2 unspecified atom stereocenters. The Morgan fingerprint density at radius 2 is 2.12 bits per heavy atom. The second kappa shape index (κ2) is 6.67. The summed E-state index contributed by atoms with van der Waals surface area (Å²) in [6.45, 7) is 0. The van der Waals surface area contributed by atoms with Crippen LogP contribution in [-0.4, -0.2) is 39.9 Å². The summed E-state index contributed by atoms with van der Waals surface area (Å²) in [5.41, 5.74) is 0.583. The molecule has 0 aromatic heterocycles. The van der Waals surface area contributed by atoms with Crippen molar-refractivity contribution in [2.45, 2.75) is 18.5 Å². The number of carboxylic acid groups (broad SMARTS) is 1. The van der Waals surface area contributed by atoms with Crippen molar-refractivity contribution in [2.24, 2.45) is 4.99 Å². The predicted octanol–water partition coefficient (Wildman–Crippen LogP) is 2.70. The van der Waals surface area contributed by atoms with Crippen LogP contribution in [0.5, 0.6) is 5.75 Å². The molecule has 0 radical (unpaired) electrons. The third kappa shape index (κ3) is 3.27. The Morgan fingerprint density at radius 1 is 1.44 bits per heavy atom. The molecule has 8 nitrogen and oxygen atoms in total. The van der Waals surface area contributed by atoms with Gasteiger partial charge in [-0.1, -0.05) is 12.1 Å². The van der Waals surface area contributed by atoms with Gasteiger partial charge >= 0.3 is 11.7 Å². The van der Waals surface area contributed by atoms with E-state index >= 15 is 0 Å². The molecule has 0 fully saturated rings. The molecule has 2 aliphatic rings. The van der Waals surface area contributed by atoms with Gasteiger partial charge in [0.15, 0.2) is 6.04 Å². The number of nitro groups is 1. The first kappa shape index (κ1) is 17.2.